The lowest BCUT2D eigenvalue weighted by Crippen LogP contribution is -2.47. The molecule has 1 fully saturated rings. The summed E-state index contributed by atoms with van der Waals surface area (Å²) < 4.78 is 1.60. The van der Waals surface area contributed by atoms with Crippen LogP contribution in [-0.4, -0.2) is 68.5 Å². The van der Waals surface area contributed by atoms with Gasteiger partial charge in [0.05, 0.1) is 13.2 Å². The van der Waals surface area contributed by atoms with E-state index in [1.165, 1.54) is 12.5 Å². The van der Waals surface area contributed by atoms with Gasteiger partial charge in [0.1, 0.15) is 18.2 Å². The van der Waals surface area contributed by atoms with Gasteiger partial charge in [-0.25, -0.2) is 14.7 Å². The number of hydrogen-bond acceptors (Lipinski definition) is 5. The van der Waals surface area contributed by atoms with Gasteiger partial charge in [-0.1, -0.05) is 36.9 Å². The average molecular weight is 395 g/mol. The normalized spacial score (nSPS) is 17.8. The van der Waals surface area contributed by atoms with Crippen LogP contribution < -0.4 is 5.32 Å². The molecule has 1 unspecified atom stereocenters. The van der Waals surface area contributed by atoms with Crippen molar-refractivity contribution in [3.8, 4) is 0 Å². The number of carbonyl (C=O) groups is 2. The van der Waals surface area contributed by atoms with Crippen molar-refractivity contribution in [3.05, 3.63) is 60.8 Å². The predicted octanol–water partition coefficient (Wildman–Crippen LogP) is 1.11. The van der Waals surface area contributed by atoms with E-state index in [4.69, 9.17) is 0 Å². The third-order valence-electron chi connectivity index (χ3n) is 4.71. The predicted molar refractivity (Wildman–Crippen MR) is 109 cm³/mol. The number of nitrogens with one attached hydrogen (secondary N) is 1. The fraction of sp³-hybridized carbons (Fsp3) is 0.350. The molecule has 2 heterocycles. The summed E-state index contributed by atoms with van der Waals surface area (Å²) in [4.78, 5) is 37.1. The molecule has 1 aromatic carbocycles. The number of aliphatic imine (C=N–C) groups is 1. The lowest BCUT2D eigenvalue weighted by molar-refractivity contribution is -0.132. The maximum Gasteiger partial charge on any atom is 0.291 e. The van der Waals surface area contributed by atoms with Crippen LogP contribution >= 0.6 is 0 Å². The summed E-state index contributed by atoms with van der Waals surface area (Å²) in [5.41, 5.74) is 1.06. The molecule has 29 heavy (non-hydrogen) atoms. The monoisotopic (exact) mass is 395 g/mol. The topological polar surface area (TPSA) is 95.7 Å². The summed E-state index contributed by atoms with van der Waals surface area (Å²) in [7, 11) is 1.70. The van der Waals surface area contributed by atoms with E-state index in [-0.39, 0.29) is 11.7 Å². The molecule has 1 N–H and O–H groups in total. The molecule has 2 amide bonds. The zero-order chi connectivity index (χ0) is 20.8. The molecule has 1 aliphatic heterocycles. The molecular formula is C20H25N7O2. The van der Waals surface area contributed by atoms with Crippen molar-refractivity contribution in [3.63, 3.8) is 0 Å². The Morgan fingerprint density at radius 1 is 1.38 bits per heavy atom. The maximum absolute atomic E-state index is 12.7. The number of likely N-dealkylation sites (N-methyl/N-ethyl adjacent to an activating group) is 1. The number of amidine groups is 1. The van der Waals surface area contributed by atoms with E-state index >= 15 is 0 Å². The Balaban J connectivity index is 1.64. The minimum atomic E-state index is -0.643. The molecule has 1 aliphatic rings. The minimum absolute atomic E-state index is 0.0434. The largest absolute Gasteiger partial charge is 0.342 e. The van der Waals surface area contributed by atoms with E-state index < -0.39 is 11.9 Å². The molecular weight excluding hydrogens is 370 g/mol. The zero-order valence-corrected chi connectivity index (χ0v) is 16.7. The Bertz CT molecular complexity index is 907. The smallest absolute Gasteiger partial charge is 0.291 e. The summed E-state index contributed by atoms with van der Waals surface area (Å²) >= 11 is 0. The number of carbonyl (C=O) groups excluding carboxylic acids is 2. The van der Waals surface area contributed by atoms with Gasteiger partial charge in [-0.3, -0.25) is 9.59 Å². The van der Waals surface area contributed by atoms with Gasteiger partial charge < -0.3 is 15.1 Å². The second-order valence-corrected chi connectivity index (χ2v) is 6.87. The van der Waals surface area contributed by atoms with E-state index in [1.807, 2.05) is 42.2 Å². The molecule has 9 nitrogen and oxygen atoms in total. The van der Waals surface area contributed by atoms with E-state index in [1.54, 1.807) is 16.6 Å². The summed E-state index contributed by atoms with van der Waals surface area (Å²) in [6.07, 6.45) is 3.45. The quantitative estimate of drug-likeness (QED) is 0.604. The van der Waals surface area contributed by atoms with Crippen LogP contribution in [0.4, 0.5) is 0 Å². The Morgan fingerprint density at radius 3 is 2.86 bits per heavy atom. The summed E-state index contributed by atoms with van der Waals surface area (Å²) in [5.74, 6) is 0.194. The van der Waals surface area contributed by atoms with Gasteiger partial charge in [0.25, 0.3) is 5.91 Å². The fourth-order valence-electron chi connectivity index (χ4n) is 3.15. The molecule has 1 atom stereocenters. The van der Waals surface area contributed by atoms with Crippen LogP contribution in [-0.2, 0) is 11.3 Å². The average Bonchev–Trinajstić information content (AvgIpc) is 3.13. The first-order valence-electron chi connectivity index (χ1n) is 9.37. The van der Waals surface area contributed by atoms with E-state index in [0.717, 1.165) is 11.4 Å². The number of benzene rings is 1. The number of rotatable bonds is 5. The van der Waals surface area contributed by atoms with Gasteiger partial charge in [0.15, 0.2) is 0 Å². The zero-order valence-electron chi connectivity index (χ0n) is 16.7. The van der Waals surface area contributed by atoms with Crippen LogP contribution in [0.3, 0.4) is 0 Å². The molecule has 152 valence electrons. The van der Waals surface area contributed by atoms with Gasteiger partial charge in [-0.05, 0) is 18.9 Å². The molecule has 0 saturated carbocycles. The fourth-order valence-corrected chi connectivity index (χ4v) is 3.15. The van der Waals surface area contributed by atoms with Crippen LogP contribution in [0.15, 0.2) is 54.4 Å². The Labute approximate surface area is 169 Å². The first-order valence-corrected chi connectivity index (χ1v) is 9.37. The highest BCUT2D eigenvalue weighted by atomic mass is 16.2. The molecule has 1 saturated heterocycles. The third-order valence-corrected chi connectivity index (χ3v) is 4.71. The van der Waals surface area contributed by atoms with Crippen molar-refractivity contribution in [2.75, 3.05) is 20.3 Å². The van der Waals surface area contributed by atoms with Crippen molar-refractivity contribution in [2.24, 2.45) is 4.99 Å². The number of nitrogens with zero attached hydrogens (tertiary/aromatic N) is 6. The van der Waals surface area contributed by atoms with Crippen molar-refractivity contribution in [2.45, 2.75) is 25.9 Å². The molecule has 0 spiro atoms. The standard InChI is InChI=1S/C20H25N7O2/c1-4-21-15(2)26-11-10-17(20(29)25(3)14-26)23-19(28)18-22-13-27(24-18)12-16-8-6-5-7-9-16/h4-9,13,17H,1,10-12,14H2,2-3H3,(H,23,28). The minimum Gasteiger partial charge on any atom is -0.342 e. The molecule has 1 aromatic heterocycles. The van der Waals surface area contributed by atoms with Gasteiger partial charge in [0, 0.05) is 19.8 Å². The van der Waals surface area contributed by atoms with Crippen LogP contribution in [0.2, 0.25) is 0 Å². The Morgan fingerprint density at radius 2 is 2.14 bits per heavy atom. The van der Waals surface area contributed by atoms with Crippen molar-refractivity contribution in [1.82, 2.24) is 29.9 Å². The van der Waals surface area contributed by atoms with E-state index in [9.17, 15) is 9.59 Å². The first-order chi connectivity index (χ1) is 14.0. The SMILES string of the molecule is C=CN=C(C)N1CCC(NC(=O)c2ncn(Cc3ccccc3)n2)C(=O)N(C)C1. The van der Waals surface area contributed by atoms with Crippen LogP contribution in [0.1, 0.15) is 29.5 Å². The van der Waals surface area contributed by atoms with Crippen molar-refractivity contribution < 1.29 is 9.59 Å². The van der Waals surface area contributed by atoms with Crippen LogP contribution in [0, 0.1) is 0 Å². The highest BCUT2D eigenvalue weighted by Gasteiger charge is 2.30. The Kier molecular flexibility index (Phi) is 6.38. The molecule has 9 heteroatoms. The second kappa shape index (κ2) is 9.13. The molecule has 2 aromatic rings. The highest BCUT2D eigenvalue weighted by molar-refractivity contribution is 5.95. The number of aromatic nitrogens is 3. The van der Waals surface area contributed by atoms with Gasteiger partial charge in [0.2, 0.25) is 11.7 Å². The lowest BCUT2D eigenvalue weighted by Gasteiger charge is -2.25. The van der Waals surface area contributed by atoms with Crippen LogP contribution in [0.25, 0.3) is 0 Å². The van der Waals surface area contributed by atoms with Gasteiger partial charge >= 0.3 is 0 Å². The molecule has 0 radical (unpaired) electrons. The van der Waals surface area contributed by atoms with Crippen molar-refractivity contribution >= 4 is 17.6 Å². The number of amides is 2. The lowest BCUT2D eigenvalue weighted by atomic mass is 10.2. The third kappa shape index (κ3) is 5.07. The molecule has 0 bridgehead atoms. The summed E-state index contributed by atoms with van der Waals surface area (Å²) in [6, 6.07) is 9.14. The first kappa shape index (κ1) is 20.2. The Hall–Kier alpha value is -3.49. The van der Waals surface area contributed by atoms with Gasteiger partial charge in [-0.2, -0.15) is 0 Å². The van der Waals surface area contributed by atoms with E-state index in [0.29, 0.717) is 26.2 Å². The van der Waals surface area contributed by atoms with Crippen LogP contribution in [0.5, 0.6) is 0 Å². The molecule has 0 aliphatic carbocycles. The van der Waals surface area contributed by atoms with Gasteiger partial charge in [-0.15, -0.1) is 5.10 Å². The molecule has 3 rings (SSSR count). The van der Waals surface area contributed by atoms with Crippen molar-refractivity contribution in [1.29, 1.82) is 0 Å². The maximum atomic E-state index is 12.7. The summed E-state index contributed by atoms with van der Waals surface area (Å²) in [6.45, 7) is 6.97. The summed E-state index contributed by atoms with van der Waals surface area (Å²) in [5, 5.41) is 7.00. The van der Waals surface area contributed by atoms with E-state index in [2.05, 4.69) is 27.0 Å². The highest BCUT2D eigenvalue weighted by Crippen LogP contribution is 2.10. The number of hydrogen-bond donors (Lipinski definition) is 1. The second-order valence-electron chi connectivity index (χ2n) is 6.87.